The van der Waals surface area contributed by atoms with E-state index in [0.717, 1.165) is 11.8 Å². The second-order valence-electron chi connectivity index (χ2n) is 6.70. The van der Waals surface area contributed by atoms with Crippen molar-refractivity contribution in [2.24, 2.45) is 11.8 Å². The Bertz CT molecular complexity index is 275. The first-order valence-electron chi connectivity index (χ1n) is 6.16. The van der Waals surface area contributed by atoms with E-state index in [4.69, 9.17) is 4.43 Å². The van der Waals surface area contributed by atoms with Crippen LogP contribution in [0.5, 0.6) is 0 Å². The molecule has 0 aliphatic heterocycles. The zero-order chi connectivity index (χ0) is 11.3. The van der Waals surface area contributed by atoms with E-state index in [0.29, 0.717) is 11.1 Å². The summed E-state index contributed by atoms with van der Waals surface area (Å²) in [5, 5.41) is 0.346. The number of fused-ring (bicyclic) bond motifs is 2. The summed E-state index contributed by atoms with van der Waals surface area (Å²) in [7, 11) is -1.54. The van der Waals surface area contributed by atoms with Crippen LogP contribution >= 0.6 is 0 Å². The Morgan fingerprint density at radius 2 is 1.80 bits per heavy atom. The van der Waals surface area contributed by atoms with Crippen LogP contribution in [0.1, 0.15) is 33.6 Å². The predicted molar refractivity (Wildman–Crippen MR) is 67.4 cm³/mol. The molecule has 15 heavy (non-hydrogen) atoms. The summed E-state index contributed by atoms with van der Waals surface area (Å²) < 4.78 is 6.48. The summed E-state index contributed by atoms with van der Waals surface area (Å²) in [6.45, 7) is 11.7. The van der Waals surface area contributed by atoms with Crippen molar-refractivity contribution in [2.45, 2.75) is 57.8 Å². The van der Waals surface area contributed by atoms with Crippen molar-refractivity contribution in [1.82, 2.24) is 0 Å². The molecular weight excluding hydrogens is 200 g/mol. The van der Waals surface area contributed by atoms with Gasteiger partial charge < -0.3 is 4.43 Å². The lowest BCUT2D eigenvalue weighted by atomic mass is 10.1. The number of rotatable bonds is 2. The van der Waals surface area contributed by atoms with Crippen molar-refractivity contribution in [3.05, 3.63) is 12.2 Å². The van der Waals surface area contributed by atoms with Crippen molar-refractivity contribution in [3.8, 4) is 0 Å². The summed E-state index contributed by atoms with van der Waals surface area (Å²) in [4.78, 5) is 0. The summed E-state index contributed by atoms with van der Waals surface area (Å²) in [5.74, 6) is 1.55. The second kappa shape index (κ2) is 3.46. The first kappa shape index (κ1) is 11.4. The Hall–Kier alpha value is -0.0831. The highest BCUT2D eigenvalue weighted by Crippen LogP contribution is 2.45. The highest BCUT2D eigenvalue weighted by atomic mass is 28.4. The molecule has 0 amide bonds. The Labute approximate surface area is 95.0 Å². The second-order valence-corrected chi connectivity index (χ2v) is 11.5. The molecule has 0 aromatic carbocycles. The molecule has 2 heteroatoms. The van der Waals surface area contributed by atoms with E-state index in [-0.39, 0.29) is 0 Å². The van der Waals surface area contributed by atoms with Crippen LogP contribution in [0.4, 0.5) is 0 Å². The van der Waals surface area contributed by atoms with Gasteiger partial charge in [-0.15, -0.1) is 0 Å². The van der Waals surface area contributed by atoms with Gasteiger partial charge in [0, 0.05) is 5.92 Å². The third-order valence-corrected chi connectivity index (χ3v) is 8.97. The van der Waals surface area contributed by atoms with E-state index in [1.54, 1.807) is 0 Å². The molecule has 3 unspecified atom stereocenters. The van der Waals surface area contributed by atoms with Gasteiger partial charge in [-0.2, -0.15) is 0 Å². The highest BCUT2D eigenvalue weighted by Gasteiger charge is 2.44. The maximum atomic E-state index is 6.48. The average Bonchev–Trinajstić information content (AvgIpc) is 2.61. The Kier molecular flexibility index (Phi) is 2.63. The third-order valence-electron chi connectivity index (χ3n) is 4.47. The Morgan fingerprint density at radius 3 is 2.20 bits per heavy atom. The van der Waals surface area contributed by atoms with Crippen molar-refractivity contribution in [2.75, 3.05) is 0 Å². The molecule has 0 N–H and O–H groups in total. The van der Waals surface area contributed by atoms with Gasteiger partial charge in [0.15, 0.2) is 8.32 Å². The van der Waals surface area contributed by atoms with E-state index >= 15 is 0 Å². The van der Waals surface area contributed by atoms with Gasteiger partial charge in [-0.1, -0.05) is 32.9 Å². The van der Waals surface area contributed by atoms with Gasteiger partial charge >= 0.3 is 0 Å². The van der Waals surface area contributed by atoms with Crippen LogP contribution < -0.4 is 0 Å². The topological polar surface area (TPSA) is 9.23 Å². The molecule has 3 atom stereocenters. The molecule has 0 heterocycles. The Balaban J connectivity index is 2.01. The minimum atomic E-state index is -1.54. The molecule has 0 saturated heterocycles. The Morgan fingerprint density at radius 1 is 1.13 bits per heavy atom. The summed E-state index contributed by atoms with van der Waals surface area (Å²) >= 11 is 0. The quantitative estimate of drug-likeness (QED) is 0.509. The maximum absolute atomic E-state index is 6.48. The third kappa shape index (κ3) is 2.07. The number of allylic oxidation sites excluding steroid dienone is 1. The molecular formula is C13H24OSi. The van der Waals surface area contributed by atoms with Gasteiger partial charge in [0.05, 0.1) is 6.10 Å². The summed E-state index contributed by atoms with van der Waals surface area (Å²) in [6.07, 6.45) is 7.91. The molecule has 0 aromatic heterocycles. The van der Waals surface area contributed by atoms with Crippen molar-refractivity contribution in [1.29, 1.82) is 0 Å². The van der Waals surface area contributed by atoms with Crippen molar-refractivity contribution >= 4 is 8.32 Å². The molecule has 1 saturated carbocycles. The van der Waals surface area contributed by atoms with E-state index in [9.17, 15) is 0 Å². The minimum Gasteiger partial charge on any atom is -0.413 e. The fraction of sp³-hybridized carbons (Fsp3) is 0.846. The zero-order valence-electron chi connectivity index (χ0n) is 10.7. The fourth-order valence-corrected chi connectivity index (χ4v) is 3.80. The standard InChI is InChI=1S/C13H24OSi/c1-13(2,3)15(4,5)14-12-9-10-6-7-11(12)8-10/h6-7,10-12H,8-9H2,1-5H3. The van der Waals surface area contributed by atoms with Crippen molar-refractivity contribution < 1.29 is 4.43 Å². The monoisotopic (exact) mass is 224 g/mol. The van der Waals surface area contributed by atoms with Crippen LogP contribution in [0.15, 0.2) is 12.2 Å². The first-order valence-corrected chi connectivity index (χ1v) is 9.06. The molecule has 1 fully saturated rings. The maximum Gasteiger partial charge on any atom is 0.192 e. The molecule has 2 bridgehead atoms. The molecule has 0 spiro atoms. The van der Waals surface area contributed by atoms with Crippen LogP contribution in [0.2, 0.25) is 18.1 Å². The smallest absolute Gasteiger partial charge is 0.192 e. The first-order chi connectivity index (χ1) is 6.79. The molecule has 0 aromatic rings. The highest BCUT2D eigenvalue weighted by molar-refractivity contribution is 6.74. The van der Waals surface area contributed by atoms with Gasteiger partial charge in [-0.3, -0.25) is 0 Å². The summed E-state index contributed by atoms with van der Waals surface area (Å²) in [6, 6.07) is 0. The lowest BCUT2D eigenvalue weighted by Gasteiger charge is -2.39. The predicted octanol–water partition coefficient (Wildman–Crippen LogP) is 3.97. The van der Waals surface area contributed by atoms with Gasteiger partial charge in [0.2, 0.25) is 0 Å². The molecule has 2 rings (SSSR count). The molecule has 1 nitrogen and oxygen atoms in total. The molecule has 2 aliphatic rings. The normalized spacial score (nSPS) is 35.1. The SMILES string of the molecule is CC(C)(C)[Si](C)(C)OC1CC2C=CC1C2. The number of hydrogen-bond donors (Lipinski definition) is 0. The van der Waals surface area contributed by atoms with Crippen LogP contribution in [-0.2, 0) is 4.43 Å². The lowest BCUT2D eigenvalue weighted by molar-refractivity contribution is 0.155. The van der Waals surface area contributed by atoms with E-state index in [1.807, 2.05) is 0 Å². The van der Waals surface area contributed by atoms with E-state index < -0.39 is 8.32 Å². The van der Waals surface area contributed by atoms with Crippen molar-refractivity contribution in [3.63, 3.8) is 0 Å². The van der Waals surface area contributed by atoms with E-state index in [1.165, 1.54) is 12.8 Å². The molecule has 0 radical (unpaired) electrons. The lowest BCUT2D eigenvalue weighted by Crippen LogP contribution is -2.44. The average molecular weight is 224 g/mol. The van der Waals surface area contributed by atoms with Gasteiger partial charge in [0.25, 0.3) is 0 Å². The van der Waals surface area contributed by atoms with Gasteiger partial charge in [-0.05, 0) is 36.9 Å². The molecule has 86 valence electrons. The largest absolute Gasteiger partial charge is 0.413 e. The summed E-state index contributed by atoms with van der Waals surface area (Å²) in [5.41, 5.74) is 0. The van der Waals surface area contributed by atoms with Crippen LogP contribution in [0.3, 0.4) is 0 Å². The van der Waals surface area contributed by atoms with Crippen LogP contribution in [0, 0.1) is 11.8 Å². The van der Waals surface area contributed by atoms with Gasteiger partial charge in [-0.25, -0.2) is 0 Å². The van der Waals surface area contributed by atoms with E-state index in [2.05, 4.69) is 46.0 Å². The van der Waals surface area contributed by atoms with Crippen LogP contribution in [-0.4, -0.2) is 14.4 Å². The van der Waals surface area contributed by atoms with Gasteiger partial charge in [0.1, 0.15) is 0 Å². The minimum absolute atomic E-state index is 0.346. The zero-order valence-corrected chi connectivity index (χ0v) is 11.7. The number of hydrogen-bond acceptors (Lipinski definition) is 1. The fourth-order valence-electron chi connectivity index (χ4n) is 2.42. The van der Waals surface area contributed by atoms with Crippen LogP contribution in [0.25, 0.3) is 0 Å². The molecule has 2 aliphatic carbocycles.